The van der Waals surface area contributed by atoms with Crippen molar-refractivity contribution in [3.8, 4) is 5.75 Å². The van der Waals surface area contributed by atoms with E-state index in [1.165, 1.54) is 0 Å². The molecule has 2 aromatic rings. The summed E-state index contributed by atoms with van der Waals surface area (Å²) in [7, 11) is 0. The number of carbonyl (C=O) groups excluding carboxylic acids is 2. The highest BCUT2D eigenvalue weighted by molar-refractivity contribution is 14.1. The minimum Gasteiger partial charge on any atom is -0.489 e. The van der Waals surface area contributed by atoms with E-state index in [1.807, 2.05) is 55.5 Å². The van der Waals surface area contributed by atoms with Crippen LogP contribution in [0.5, 0.6) is 5.75 Å². The predicted octanol–water partition coefficient (Wildman–Crippen LogP) is 3.89. The summed E-state index contributed by atoms with van der Waals surface area (Å²) in [5.74, 6) is -0.702. The first kappa shape index (κ1) is 24.1. The molecule has 0 amide bonds. The Morgan fingerprint density at radius 1 is 0.967 bits per heavy atom. The van der Waals surface area contributed by atoms with Gasteiger partial charge in [-0.2, -0.15) is 0 Å². The van der Waals surface area contributed by atoms with Crippen molar-refractivity contribution in [2.45, 2.75) is 39.3 Å². The van der Waals surface area contributed by atoms with Gasteiger partial charge in [-0.1, -0.05) is 37.3 Å². The van der Waals surface area contributed by atoms with E-state index >= 15 is 0 Å². The molecule has 0 fully saturated rings. The van der Waals surface area contributed by atoms with Crippen LogP contribution in [0.4, 0.5) is 0 Å². The van der Waals surface area contributed by atoms with Gasteiger partial charge in [0.1, 0.15) is 12.4 Å². The second kappa shape index (κ2) is 11.9. The first-order valence-corrected chi connectivity index (χ1v) is 11.1. The van der Waals surface area contributed by atoms with E-state index in [0.29, 0.717) is 18.9 Å². The lowest BCUT2D eigenvalue weighted by Gasteiger charge is -2.30. The van der Waals surface area contributed by atoms with Crippen LogP contribution in [0, 0.1) is 3.57 Å². The molecule has 0 saturated carbocycles. The number of hydrogen-bond acceptors (Lipinski definition) is 6. The van der Waals surface area contributed by atoms with Crippen LogP contribution in [0.15, 0.2) is 48.5 Å². The van der Waals surface area contributed by atoms with Gasteiger partial charge in [0, 0.05) is 9.99 Å². The molecule has 0 saturated heterocycles. The third-order valence-electron chi connectivity index (χ3n) is 4.44. The molecule has 7 heteroatoms. The molecular weight excluding hydrogens is 497 g/mol. The van der Waals surface area contributed by atoms with Crippen LogP contribution in [0.3, 0.4) is 0 Å². The molecule has 0 spiro atoms. The van der Waals surface area contributed by atoms with Gasteiger partial charge in [0.15, 0.2) is 0 Å². The van der Waals surface area contributed by atoms with Crippen LogP contribution in [0.1, 0.15) is 31.9 Å². The Labute approximate surface area is 191 Å². The van der Waals surface area contributed by atoms with Gasteiger partial charge in [0.05, 0.1) is 13.2 Å². The zero-order valence-electron chi connectivity index (χ0n) is 17.6. The molecule has 0 bridgehead atoms. The number of carbonyl (C=O) groups is 2. The molecule has 162 valence electrons. The second-order valence-corrected chi connectivity index (χ2v) is 7.83. The molecule has 0 aliphatic heterocycles. The summed E-state index contributed by atoms with van der Waals surface area (Å²) in [5, 5.41) is 3.03. The standard InChI is InChI=1S/C23H28INO5/c1-4-25-23(21(26)28-5-2,22(27)29-6-3)15-18-14-19(24)12-13-20(18)30-16-17-10-8-7-9-11-17/h7-14,25H,4-6,15-16H2,1-3H3. The highest BCUT2D eigenvalue weighted by atomic mass is 127. The van der Waals surface area contributed by atoms with Gasteiger partial charge in [-0.3, -0.25) is 5.32 Å². The number of esters is 2. The van der Waals surface area contributed by atoms with Crippen molar-refractivity contribution in [1.29, 1.82) is 0 Å². The van der Waals surface area contributed by atoms with Crippen LogP contribution in [0.25, 0.3) is 0 Å². The number of halogens is 1. The molecule has 30 heavy (non-hydrogen) atoms. The highest BCUT2D eigenvalue weighted by Crippen LogP contribution is 2.28. The molecular formula is C23H28INO5. The minimum atomic E-state index is -1.64. The van der Waals surface area contributed by atoms with E-state index in [1.54, 1.807) is 13.8 Å². The molecule has 0 aliphatic carbocycles. The topological polar surface area (TPSA) is 73.9 Å². The minimum absolute atomic E-state index is 0.0550. The Morgan fingerprint density at radius 3 is 2.17 bits per heavy atom. The van der Waals surface area contributed by atoms with E-state index in [0.717, 1.165) is 14.7 Å². The fraction of sp³-hybridized carbons (Fsp3) is 0.391. The number of benzene rings is 2. The lowest BCUT2D eigenvalue weighted by molar-refractivity contribution is -0.166. The largest absolute Gasteiger partial charge is 0.489 e. The SMILES string of the molecule is CCNC(Cc1cc(I)ccc1OCc1ccccc1)(C(=O)OCC)C(=O)OCC. The van der Waals surface area contributed by atoms with E-state index in [2.05, 4.69) is 27.9 Å². The van der Waals surface area contributed by atoms with Crippen molar-refractivity contribution in [2.75, 3.05) is 19.8 Å². The fourth-order valence-electron chi connectivity index (χ4n) is 3.09. The predicted molar refractivity (Wildman–Crippen MR) is 123 cm³/mol. The summed E-state index contributed by atoms with van der Waals surface area (Å²) >= 11 is 2.19. The summed E-state index contributed by atoms with van der Waals surface area (Å²) in [6.07, 6.45) is 0.0550. The Kier molecular flexibility index (Phi) is 9.58. The quantitative estimate of drug-likeness (QED) is 0.273. The van der Waals surface area contributed by atoms with E-state index in [4.69, 9.17) is 14.2 Å². The van der Waals surface area contributed by atoms with Crippen LogP contribution >= 0.6 is 22.6 Å². The summed E-state index contributed by atoms with van der Waals surface area (Å²) in [6.45, 7) is 6.33. The van der Waals surface area contributed by atoms with Gasteiger partial charge in [0.2, 0.25) is 5.54 Å². The number of rotatable bonds is 11. The van der Waals surface area contributed by atoms with Gasteiger partial charge in [0.25, 0.3) is 0 Å². The lowest BCUT2D eigenvalue weighted by Crippen LogP contribution is -2.61. The summed E-state index contributed by atoms with van der Waals surface area (Å²) in [4.78, 5) is 25.8. The van der Waals surface area contributed by atoms with Crippen LogP contribution in [0.2, 0.25) is 0 Å². The lowest BCUT2D eigenvalue weighted by atomic mass is 9.90. The maximum absolute atomic E-state index is 12.9. The molecule has 1 N–H and O–H groups in total. The maximum atomic E-state index is 12.9. The van der Waals surface area contributed by atoms with Crippen molar-refractivity contribution in [3.05, 3.63) is 63.2 Å². The second-order valence-electron chi connectivity index (χ2n) is 6.58. The van der Waals surface area contributed by atoms with Gasteiger partial charge in [-0.15, -0.1) is 0 Å². The van der Waals surface area contributed by atoms with Crippen molar-refractivity contribution < 1.29 is 23.8 Å². The number of ether oxygens (including phenoxy) is 3. The Balaban J connectivity index is 2.40. The molecule has 0 unspecified atom stereocenters. The molecule has 0 aromatic heterocycles. The molecule has 2 aromatic carbocycles. The van der Waals surface area contributed by atoms with E-state index in [-0.39, 0.29) is 19.6 Å². The molecule has 6 nitrogen and oxygen atoms in total. The Morgan fingerprint density at radius 2 is 1.60 bits per heavy atom. The zero-order chi connectivity index (χ0) is 22.0. The summed E-state index contributed by atoms with van der Waals surface area (Å²) < 4.78 is 17.5. The summed E-state index contributed by atoms with van der Waals surface area (Å²) in [6, 6.07) is 15.5. The van der Waals surface area contributed by atoms with E-state index < -0.39 is 17.5 Å². The first-order chi connectivity index (χ1) is 14.5. The highest BCUT2D eigenvalue weighted by Gasteiger charge is 2.49. The third kappa shape index (κ3) is 6.18. The van der Waals surface area contributed by atoms with Crippen molar-refractivity contribution >= 4 is 34.5 Å². The van der Waals surface area contributed by atoms with Gasteiger partial charge in [-0.05, 0) is 72.3 Å². The molecule has 0 heterocycles. The molecule has 0 aliphatic rings. The van der Waals surface area contributed by atoms with Crippen LogP contribution < -0.4 is 10.1 Å². The number of nitrogens with one attached hydrogen (secondary N) is 1. The average Bonchev–Trinajstić information content (AvgIpc) is 2.73. The fourth-order valence-corrected chi connectivity index (χ4v) is 3.65. The Hall–Kier alpha value is -2.13. The average molecular weight is 525 g/mol. The maximum Gasteiger partial charge on any atom is 0.338 e. The normalized spacial score (nSPS) is 11.1. The molecule has 0 radical (unpaired) electrons. The van der Waals surface area contributed by atoms with E-state index in [9.17, 15) is 9.59 Å². The molecule has 2 rings (SSSR count). The number of hydrogen-bond donors (Lipinski definition) is 1. The van der Waals surface area contributed by atoms with Crippen molar-refractivity contribution in [2.24, 2.45) is 0 Å². The number of likely N-dealkylation sites (N-methyl/N-ethyl adjacent to an activating group) is 1. The third-order valence-corrected chi connectivity index (χ3v) is 5.11. The van der Waals surface area contributed by atoms with Crippen molar-refractivity contribution in [3.63, 3.8) is 0 Å². The van der Waals surface area contributed by atoms with Gasteiger partial charge >= 0.3 is 11.9 Å². The zero-order valence-corrected chi connectivity index (χ0v) is 19.7. The van der Waals surface area contributed by atoms with Crippen molar-refractivity contribution in [1.82, 2.24) is 5.32 Å². The smallest absolute Gasteiger partial charge is 0.338 e. The van der Waals surface area contributed by atoms with Gasteiger partial charge < -0.3 is 14.2 Å². The summed E-state index contributed by atoms with van der Waals surface area (Å²) in [5.41, 5.74) is 0.103. The van der Waals surface area contributed by atoms with Gasteiger partial charge in [-0.25, -0.2) is 9.59 Å². The molecule has 0 atom stereocenters. The van der Waals surface area contributed by atoms with Crippen LogP contribution in [-0.2, 0) is 32.1 Å². The monoisotopic (exact) mass is 525 g/mol. The Bertz CT molecular complexity index is 823. The van der Waals surface area contributed by atoms with Crippen LogP contribution in [-0.4, -0.2) is 37.2 Å². The first-order valence-electron chi connectivity index (χ1n) is 10.0.